The fourth-order valence-corrected chi connectivity index (χ4v) is 5.12. The number of rotatable bonds is 7. The van der Waals surface area contributed by atoms with Crippen LogP contribution in [0.2, 0.25) is 5.02 Å². The highest BCUT2D eigenvalue weighted by Crippen LogP contribution is 2.43. The third kappa shape index (κ3) is 4.25. The molecule has 0 spiro atoms. The Labute approximate surface area is 191 Å². The number of carbonyl (C=O) groups excluding carboxylic acids is 1. The third-order valence-corrected chi connectivity index (χ3v) is 8.42. The van der Waals surface area contributed by atoms with Gasteiger partial charge in [-0.1, -0.05) is 35.9 Å². The van der Waals surface area contributed by atoms with E-state index in [9.17, 15) is 18.0 Å². The van der Waals surface area contributed by atoms with Crippen molar-refractivity contribution in [3.8, 4) is 0 Å². The van der Waals surface area contributed by atoms with Crippen LogP contribution < -0.4 is 16.2 Å². The first-order valence-corrected chi connectivity index (χ1v) is 12.5. The van der Waals surface area contributed by atoms with E-state index in [4.69, 9.17) is 11.6 Å². The molecule has 1 aliphatic rings. The number of anilines is 1. The van der Waals surface area contributed by atoms with E-state index in [-0.39, 0.29) is 18.7 Å². The van der Waals surface area contributed by atoms with E-state index >= 15 is 0 Å². The third-order valence-electron chi connectivity index (χ3n) is 6.04. The highest BCUT2D eigenvalue weighted by Gasteiger charge is 2.51. The summed E-state index contributed by atoms with van der Waals surface area (Å²) in [4.78, 5) is 25.7. The molecule has 1 saturated carbocycles. The van der Waals surface area contributed by atoms with Crippen LogP contribution in [0.15, 0.2) is 53.3 Å². The van der Waals surface area contributed by atoms with E-state index in [0.717, 1.165) is 5.56 Å². The molecular formula is C23H24ClN3O4S. The van der Waals surface area contributed by atoms with Gasteiger partial charge in [0.15, 0.2) is 9.84 Å². The van der Waals surface area contributed by atoms with Crippen LogP contribution in [0.25, 0.3) is 10.9 Å². The van der Waals surface area contributed by atoms with Gasteiger partial charge in [0.25, 0.3) is 11.5 Å². The summed E-state index contributed by atoms with van der Waals surface area (Å²) in [5.41, 5.74) is 1.76. The smallest absolute Gasteiger partial charge is 0.263 e. The molecular weight excluding hydrogens is 450 g/mol. The quantitative estimate of drug-likeness (QED) is 0.549. The molecule has 4 rings (SSSR count). The molecule has 2 N–H and O–H groups in total. The molecule has 3 aromatic rings. The van der Waals surface area contributed by atoms with E-state index in [0.29, 0.717) is 34.5 Å². The Hall–Kier alpha value is -2.84. The number of nitrogens with zero attached hydrogens (tertiary/aromatic N) is 1. The van der Waals surface area contributed by atoms with Gasteiger partial charge in [0, 0.05) is 36.8 Å². The summed E-state index contributed by atoms with van der Waals surface area (Å²) >= 11 is 5.88. The Kier molecular flexibility index (Phi) is 5.77. The molecule has 0 atom stereocenters. The van der Waals surface area contributed by atoms with Crippen LogP contribution in [0.3, 0.4) is 0 Å². The number of halogens is 1. The molecule has 7 nitrogen and oxygen atoms in total. The maximum atomic E-state index is 13.0. The summed E-state index contributed by atoms with van der Waals surface area (Å²) in [6.45, 7) is 0.550. The molecule has 1 aromatic heterocycles. The van der Waals surface area contributed by atoms with E-state index in [1.54, 1.807) is 31.3 Å². The zero-order valence-corrected chi connectivity index (χ0v) is 19.4. The number of carbonyl (C=O) groups is 1. The molecule has 0 saturated heterocycles. The predicted octanol–water partition coefficient (Wildman–Crippen LogP) is 3.11. The lowest BCUT2D eigenvalue weighted by Gasteiger charge is -2.18. The van der Waals surface area contributed by atoms with Gasteiger partial charge in [0.05, 0.1) is 16.0 Å². The van der Waals surface area contributed by atoms with Gasteiger partial charge >= 0.3 is 0 Å². The van der Waals surface area contributed by atoms with Gasteiger partial charge in [-0.15, -0.1) is 0 Å². The summed E-state index contributed by atoms with van der Waals surface area (Å²) in [6.07, 6.45) is 2.51. The van der Waals surface area contributed by atoms with Crippen LogP contribution in [0, 0.1) is 0 Å². The molecule has 32 heavy (non-hydrogen) atoms. The molecule has 1 heterocycles. The molecule has 168 valence electrons. The van der Waals surface area contributed by atoms with Gasteiger partial charge in [0.1, 0.15) is 5.56 Å². The number of para-hydroxylation sites is 1. The molecule has 0 unspecified atom stereocenters. The molecule has 0 bridgehead atoms. The van der Waals surface area contributed by atoms with Crippen molar-refractivity contribution in [2.45, 2.75) is 24.1 Å². The number of benzene rings is 2. The monoisotopic (exact) mass is 473 g/mol. The Morgan fingerprint density at radius 1 is 1.16 bits per heavy atom. The summed E-state index contributed by atoms with van der Waals surface area (Å²) < 4.78 is 24.8. The first-order chi connectivity index (χ1) is 15.1. The minimum Gasteiger partial charge on any atom is -0.382 e. The second-order valence-corrected chi connectivity index (χ2v) is 11.1. The van der Waals surface area contributed by atoms with E-state index < -0.39 is 26.1 Å². The zero-order valence-electron chi connectivity index (χ0n) is 17.8. The first kappa shape index (κ1) is 22.4. The van der Waals surface area contributed by atoms with Gasteiger partial charge in [0.2, 0.25) is 0 Å². The molecule has 1 amide bonds. The molecule has 9 heteroatoms. The largest absolute Gasteiger partial charge is 0.382 e. The fourth-order valence-electron chi connectivity index (χ4n) is 3.81. The molecule has 0 radical (unpaired) electrons. The van der Waals surface area contributed by atoms with Gasteiger partial charge in [-0.3, -0.25) is 9.59 Å². The van der Waals surface area contributed by atoms with Crippen molar-refractivity contribution in [3.05, 3.63) is 75.0 Å². The van der Waals surface area contributed by atoms with E-state index in [1.807, 2.05) is 24.3 Å². The number of pyridine rings is 1. The summed E-state index contributed by atoms with van der Waals surface area (Å²) in [5.74, 6) is -0.463. The van der Waals surface area contributed by atoms with Gasteiger partial charge in [-0.25, -0.2) is 8.42 Å². The summed E-state index contributed by atoms with van der Waals surface area (Å²) in [6, 6.07) is 14.1. The predicted molar refractivity (Wildman–Crippen MR) is 127 cm³/mol. The number of aryl methyl sites for hydroxylation is 1. The molecule has 1 fully saturated rings. The topological polar surface area (TPSA) is 97.3 Å². The van der Waals surface area contributed by atoms with Crippen LogP contribution in [0.5, 0.6) is 0 Å². The van der Waals surface area contributed by atoms with Crippen molar-refractivity contribution in [3.63, 3.8) is 0 Å². The molecule has 1 aliphatic carbocycles. The first-order valence-electron chi connectivity index (χ1n) is 10.2. The SMILES string of the molecule is Cn1c(=O)c(C(=O)NCc2ccc(Cl)cc2)cc2cccc(NCC3(S(C)(=O)=O)CC3)c21. The van der Waals surface area contributed by atoms with Crippen LogP contribution >= 0.6 is 11.6 Å². The maximum Gasteiger partial charge on any atom is 0.263 e. The van der Waals surface area contributed by atoms with Crippen LogP contribution in [0.4, 0.5) is 5.69 Å². The van der Waals surface area contributed by atoms with Crippen molar-refractivity contribution in [2.75, 3.05) is 18.1 Å². The normalized spacial score (nSPS) is 14.8. The van der Waals surface area contributed by atoms with Crippen molar-refractivity contribution in [2.24, 2.45) is 7.05 Å². The van der Waals surface area contributed by atoms with Gasteiger partial charge in [-0.05, 0) is 42.7 Å². The van der Waals surface area contributed by atoms with Crippen molar-refractivity contribution in [1.29, 1.82) is 0 Å². The highest BCUT2D eigenvalue weighted by molar-refractivity contribution is 7.92. The second-order valence-electron chi connectivity index (χ2n) is 8.28. The lowest BCUT2D eigenvalue weighted by atomic mass is 10.1. The average molecular weight is 474 g/mol. The number of hydrogen-bond donors (Lipinski definition) is 2. The summed E-state index contributed by atoms with van der Waals surface area (Å²) in [7, 11) is -1.57. The minimum absolute atomic E-state index is 0.0425. The fraction of sp³-hybridized carbons (Fsp3) is 0.304. The van der Waals surface area contributed by atoms with Gasteiger partial charge < -0.3 is 15.2 Å². The Morgan fingerprint density at radius 2 is 1.84 bits per heavy atom. The van der Waals surface area contributed by atoms with Crippen LogP contribution in [-0.4, -0.2) is 36.4 Å². The summed E-state index contributed by atoms with van der Waals surface area (Å²) in [5, 5.41) is 7.30. The lowest BCUT2D eigenvalue weighted by Crippen LogP contribution is -2.33. The minimum atomic E-state index is -3.17. The number of nitrogens with one attached hydrogen (secondary N) is 2. The van der Waals surface area contributed by atoms with Crippen molar-refractivity contribution in [1.82, 2.24) is 9.88 Å². The van der Waals surface area contributed by atoms with Crippen LogP contribution in [0.1, 0.15) is 28.8 Å². The zero-order chi connectivity index (χ0) is 23.1. The number of aromatic nitrogens is 1. The van der Waals surface area contributed by atoms with Crippen molar-refractivity contribution < 1.29 is 13.2 Å². The standard InChI is InChI=1S/C23H24ClN3O4S/c1-27-20-16(4-3-5-19(20)26-14-23(10-11-23)32(2,30)31)12-18(22(27)29)21(28)25-13-15-6-8-17(24)9-7-15/h3-9,12,26H,10-11,13-14H2,1-2H3,(H,25,28). The lowest BCUT2D eigenvalue weighted by molar-refractivity contribution is 0.0949. The molecule has 0 aliphatic heterocycles. The number of amides is 1. The number of hydrogen-bond acceptors (Lipinski definition) is 5. The maximum absolute atomic E-state index is 13.0. The Morgan fingerprint density at radius 3 is 2.47 bits per heavy atom. The highest BCUT2D eigenvalue weighted by atomic mass is 35.5. The van der Waals surface area contributed by atoms with E-state index in [1.165, 1.54) is 10.8 Å². The Bertz CT molecular complexity index is 1360. The average Bonchev–Trinajstić information content (AvgIpc) is 3.55. The van der Waals surface area contributed by atoms with Gasteiger partial charge in [-0.2, -0.15) is 0 Å². The second kappa shape index (κ2) is 8.26. The molecule has 2 aromatic carbocycles. The van der Waals surface area contributed by atoms with Crippen LogP contribution in [-0.2, 0) is 23.4 Å². The number of fused-ring (bicyclic) bond motifs is 1. The van der Waals surface area contributed by atoms with E-state index in [2.05, 4.69) is 10.6 Å². The van der Waals surface area contributed by atoms with Crippen molar-refractivity contribution >= 4 is 43.9 Å². The number of sulfone groups is 1. The Balaban J connectivity index is 1.60.